The topological polar surface area (TPSA) is 122 Å². The highest BCUT2D eigenvalue weighted by molar-refractivity contribution is 7.98. The Balaban J connectivity index is 2.10. The zero-order chi connectivity index (χ0) is 20.3. The van der Waals surface area contributed by atoms with Crippen LogP contribution in [0.4, 0.5) is 5.82 Å². The number of benzene rings is 1. The number of aryl methyl sites for hydroxylation is 2. The highest BCUT2D eigenvalue weighted by Gasteiger charge is 2.21. The summed E-state index contributed by atoms with van der Waals surface area (Å²) in [6.45, 7) is 3.70. The minimum atomic E-state index is 0.0913. The first-order chi connectivity index (χ1) is 13.5. The average Bonchev–Trinajstić information content (AvgIpc) is 3.03. The average molecular weight is 391 g/mol. The van der Waals surface area contributed by atoms with E-state index in [-0.39, 0.29) is 11.4 Å². The number of ether oxygens (including phenoxy) is 1. The second-order valence-corrected chi connectivity index (χ2v) is 6.93. The Morgan fingerprint density at radius 2 is 1.82 bits per heavy atom. The van der Waals surface area contributed by atoms with Gasteiger partial charge in [0.05, 0.1) is 18.4 Å². The van der Waals surface area contributed by atoms with Gasteiger partial charge in [-0.15, -0.1) is 11.8 Å². The normalized spacial score (nSPS) is 10.3. The molecule has 28 heavy (non-hydrogen) atoms. The molecule has 3 aromatic rings. The Hall–Kier alpha value is -3.49. The number of nitriles is 2. The lowest BCUT2D eigenvalue weighted by Crippen LogP contribution is -2.03. The number of aromatic nitrogens is 2. The van der Waals surface area contributed by atoms with Gasteiger partial charge in [-0.1, -0.05) is 17.3 Å². The van der Waals surface area contributed by atoms with Gasteiger partial charge in [0.25, 0.3) is 0 Å². The summed E-state index contributed by atoms with van der Waals surface area (Å²) >= 11 is 1.36. The number of nitrogens with zero attached hydrogens (tertiary/aromatic N) is 4. The minimum absolute atomic E-state index is 0.0913. The Labute approximate surface area is 166 Å². The van der Waals surface area contributed by atoms with E-state index in [1.54, 1.807) is 31.4 Å². The number of nitrogens with two attached hydrogens (primary N) is 1. The molecule has 0 aliphatic heterocycles. The molecule has 0 atom stereocenters. The molecule has 0 radical (unpaired) electrons. The summed E-state index contributed by atoms with van der Waals surface area (Å²) in [5, 5.41) is 23.8. The third kappa shape index (κ3) is 3.51. The maximum Gasteiger partial charge on any atom is 0.143 e. The standard InChI is InChI=1S/C20H17N5O2S/c1-11-17(12(2)27-25-11)10-28-20-16(9-22)18(15(8-21)19(23)24-20)13-4-6-14(26-3)7-5-13/h4-7H,10H2,1-3H3,(H2,23,24). The van der Waals surface area contributed by atoms with Crippen molar-refractivity contribution in [2.45, 2.75) is 24.6 Å². The van der Waals surface area contributed by atoms with Crippen molar-refractivity contribution in [3.05, 3.63) is 52.4 Å². The Morgan fingerprint density at radius 1 is 1.14 bits per heavy atom. The molecular formula is C20H17N5O2S. The van der Waals surface area contributed by atoms with Gasteiger partial charge in [0.15, 0.2) is 0 Å². The fourth-order valence-corrected chi connectivity index (χ4v) is 3.95. The highest BCUT2D eigenvalue weighted by Crippen LogP contribution is 2.37. The van der Waals surface area contributed by atoms with Crippen LogP contribution in [0.3, 0.4) is 0 Å². The summed E-state index contributed by atoms with van der Waals surface area (Å²) in [6.07, 6.45) is 0. The van der Waals surface area contributed by atoms with Crippen molar-refractivity contribution < 1.29 is 9.26 Å². The molecule has 1 aromatic carbocycles. The molecular weight excluding hydrogens is 374 g/mol. The summed E-state index contributed by atoms with van der Waals surface area (Å²) in [7, 11) is 1.57. The fourth-order valence-electron chi connectivity index (χ4n) is 2.80. The summed E-state index contributed by atoms with van der Waals surface area (Å²) in [5.74, 6) is 2.01. The van der Waals surface area contributed by atoms with Crippen molar-refractivity contribution in [3.63, 3.8) is 0 Å². The lowest BCUT2D eigenvalue weighted by Gasteiger charge is -2.13. The van der Waals surface area contributed by atoms with Crippen LogP contribution in [0.25, 0.3) is 11.1 Å². The third-order valence-corrected chi connectivity index (χ3v) is 5.33. The first kappa shape index (κ1) is 19.3. The maximum absolute atomic E-state index is 9.83. The second-order valence-electron chi connectivity index (χ2n) is 5.97. The quantitative estimate of drug-likeness (QED) is 0.648. The number of methoxy groups -OCH3 is 1. The van der Waals surface area contributed by atoms with E-state index >= 15 is 0 Å². The van der Waals surface area contributed by atoms with Crippen LogP contribution in [-0.4, -0.2) is 17.3 Å². The van der Waals surface area contributed by atoms with Crippen LogP contribution >= 0.6 is 11.8 Å². The Kier molecular flexibility index (Phi) is 5.53. The number of hydrogen-bond acceptors (Lipinski definition) is 8. The van der Waals surface area contributed by atoms with Crippen molar-refractivity contribution in [1.82, 2.24) is 10.1 Å². The SMILES string of the molecule is COc1ccc(-c2c(C#N)c(N)nc(SCc3c(C)noc3C)c2C#N)cc1. The van der Waals surface area contributed by atoms with Crippen LogP contribution in [0.2, 0.25) is 0 Å². The minimum Gasteiger partial charge on any atom is -0.497 e. The molecule has 0 fully saturated rings. The molecule has 7 nitrogen and oxygen atoms in total. The molecule has 0 aliphatic rings. The molecule has 2 heterocycles. The lowest BCUT2D eigenvalue weighted by atomic mass is 9.97. The van der Waals surface area contributed by atoms with Crippen LogP contribution in [0, 0.1) is 36.5 Å². The molecule has 0 saturated heterocycles. The van der Waals surface area contributed by atoms with E-state index in [1.807, 2.05) is 13.8 Å². The van der Waals surface area contributed by atoms with Gasteiger partial charge in [-0.05, 0) is 31.5 Å². The fraction of sp³-hybridized carbons (Fsp3) is 0.200. The summed E-state index contributed by atoms with van der Waals surface area (Å²) in [5.41, 5.74) is 9.45. The van der Waals surface area contributed by atoms with Gasteiger partial charge in [0.2, 0.25) is 0 Å². The maximum atomic E-state index is 9.83. The second kappa shape index (κ2) is 8.03. The van der Waals surface area contributed by atoms with Crippen LogP contribution < -0.4 is 10.5 Å². The smallest absolute Gasteiger partial charge is 0.143 e. The van der Waals surface area contributed by atoms with E-state index < -0.39 is 0 Å². The zero-order valence-corrected chi connectivity index (χ0v) is 16.4. The molecule has 0 aliphatic carbocycles. The van der Waals surface area contributed by atoms with Gasteiger partial charge < -0.3 is 15.0 Å². The van der Waals surface area contributed by atoms with Gasteiger partial charge in [0.1, 0.15) is 40.1 Å². The molecule has 2 aromatic heterocycles. The number of nitrogen functional groups attached to an aromatic ring is 1. The molecule has 2 N–H and O–H groups in total. The van der Waals surface area contributed by atoms with Crippen molar-refractivity contribution in [1.29, 1.82) is 10.5 Å². The summed E-state index contributed by atoms with van der Waals surface area (Å²) < 4.78 is 10.4. The van der Waals surface area contributed by atoms with Gasteiger partial charge in [0, 0.05) is 16.9 Å². The molecule has 140 valence electrons. The van der Waals surface area contributed by atoms with E-state index in [2.05, 4.69) is 22.3 Å². The van der Waals surface area contributed by atoms with E-state index in [0.29, 0.717) is 33.2 Å². The Bertz CT molecular complexity index is 1090. The summed E-state index contributed by atoms with van der Waals surface area (Å²) in [4.78, 5) is 4.31. The monoisotopic (exact) mass is 391 g/mol. The molecule has 8 heteroatoms. The van der Waals surface area contributed by atoms with Gasteiger partial charge in [-0.3, -0.25) is 0 Å². The predicted octanol–water partition coefficient (Wildman–Crippen LogP) is 3.98. The predicted molar refractivity (Wildman–Crippen MR) is 106 cm³/mol. The van der Waals surface area contributed by atoms with Gasteiger partial charge in [-0.25, -0.2) is 4.98 Å². The highest BCUT2D eigenvalue weighted by atomic mass is 32.2. The van der Waals surface area contributed by atoms with E-state index in [4.69, 9.17) is 15.0 Å². The number of pyridine rings is 1. The summed E-state index contributed by atoms with van der Waals surface area (Å²) in [6, 6.07) is 11.4. The number of hydrogen-bond donors (Lipinski definition) is 1. The van der Waals surface area contributed by atoms with E-state index in [0.717, 1.165) is 17.0 Å². The largest absolute Gasteiger partial charge is 0.497 e. The van der Waals surface area contributed by atoms with Crippen LogP contribution in [-0.2, 0) is 5.75 Å². The first-order valence-corrected chi connectivity index (χ1v) is 9.31. The third-order valence-electron chi connectivity index (χ3n) is 4.33. The number of thioether (sulfide) groups is 1. The molecule has 0 unspecified atom stereocenters. The Morgan fingerprint density at radius 3 is 2.36 bits per heavy atom. The van der Waals surface area contributed by atoms with Crippen molar-refractivity contribution in [2.24, 2.45) is 0 Å². The number of anilines is 1. The first-order valence-electron chi connectivity index (χ1n) is 8.32. The van der Waals surface area contributed by atoms with Crippen molar-refractivity contribution in [2.75, 3.05) is 12.8 Å². The molecule has 3 rings (SSSR count). The number of rotatable bonds is 5. The lowest BCUT2D eigenvalue weighted by molar-refractivity contribution is 0.392. The van der Waals surface area contributed by atoms with Crippen molar-refractivity contribution >= 4 is 17.6 Å². The molecule has 0 saturated carbocycles. The van der Waals surface area contributed by atoms with Crippen molar-refractivity contribution in [3.8, 4) is 29.0 Å². The molecule has 0 bridgehead atoms. The van der Waals surface area contributed by atoms with Gasteiger partial charge in [-0.2, -0.15) is 10.5 Å². The molecule has 0 spiro atoms. The van der Waals surface area contributed by atoms with Gasteiger partial charge >= 0.3 is 0 Å². The van der Waals surface area contributed by atoms with Crippen LogP contribution in [0.1, 0.15) is 28.1 Å². The van der Waals surface area contributed by atoms with E-state index in [1.165, 1.54) is 11.8 Å². The van der Waals surface area contributed by atoms with E-state index in [9.17, 15) is 10.5 Å². The van der Waals surface area contributed by atoms with Crippen LogP contribution in [0.15, 0.2) is 33.8 Å². The molecule has 0 amide bonds. The van der Waals surface area contributed by atoms with Crippen LogP contribution in [0.5, 0.6) is 5.75 Å². The zero-order valence-electron chi connectivity index (χ0n) is 15.6.